The average molecular weight is 256 g/mol. The van der Waals surface area contributed by atoms with Gasteiger partial charge in [0.25, 0.3) is 0 Å². The van der Waals surface area contributed by atoms with Crippen molar-refractivity contribution in [3.63, 3.8) is 0 Å². The van der Waals surface area contributed by atoms with Crippen molar-refractivity contribution in [1.82, 2.24) is 5.32 Å². The number of rotatable bonds is 5. The molecule has 0 spiro atoms. The Morgan fingerprint density at radius 1 is 1.39 bits per heavy atom. The molecule has 0 saturated carbocycles. The van der Waals surface area contributed by atoms with Gasteiger partial charge in [-0.2, -0.15) is 0 Å². The molecule has 18 heavy (non-hydrogen) atoms. The normalized spacial score (nSPS) is 12.6. The number of amides is 1. The summed E-state index contributed by atoms with van der Waals surface area (Å²) in [5, 5.41) is 2.61. The third-order valence-corrected chi connectivity index (χ3v) is 2.86. The summed E-state index contributed by atoms with van der Waals surface area (Å²) in [7, 11) is 0. The molecular weight excluding hydrogens is 238 g/mol. The molecule has 3 nitrogen and oxygen atoms in total. The molecule has 0 saturated heterocycles. The first-order chi connectivity index (χ1) is 8.45. The molecule has 1 aromatic carbocycles. The van der Waals surface area contributed by atoms with Gasteiger partial charge in [0.05, 0.1) is 5.92 Å². The molecule has 100 valence electrons. The highest BCUT2D eigenvalue weighted by molar-refractivity contribution is 5.79. The summed E-state index contributed by atoms with van der Waals surface area (Å²) in [6.45, 7) is 4.08. The van der Waals surface area contributed by atoms with Crippen LogP contribution in [0.2, 0.25) is 0 Å². The molecule has 0 aliphatic heterocycles. The molecule has 1 atom stereocenters. The predicted octanol–water partition coefficient (Wildman–Crippen LogP) is 1.81. The van der Waals surface area contributed by atoms with Crippen molar-refractivity contribution < 1.29 is 13.6 Å². The van der Waals surface area contributed by atoms with Crippen LogP contribution in [0.5, 0.6) is 0 Å². The van der Waals surface area contributed by atoms with Crippen LogP contribution in [0, 0.1) is 23.5 Å². The Labute approximate surface area is 105 Å². The fourth-order valence-electron chi connectivity index (χ4n) is 1.66. The minimum absolute atomic E-state index is 0.0359. The first-order valence-electron chi connectivity index (χ1n) is 5.87. The van der Waals surface area contributed by atoms with E-state index in [1.807, 2.05) is 13.8 Å². The minimum Gasteiger partial charge on any atom is -0.352 e. The Hall–Kier alpha value is -1.49. The van der Waals surface area contributed by atoms with E-state index in [2.05, 4.69) is 5.32 Å². The Morgan fingerprint density at radius 3 is 2.56 bits per heavy atom. The van der Waals surface area contributed by atoms with Crippen molar-refractivity contribution in [3.8, 4) is 0 Å². The third kappa shape index (κ3) is 3.77. The van der Waals surface area contributed by atoms with E-state index in [0.717, 1.165) is 12.1 Å². The van der Waals surface area contributed by atoms with Crippen LogP contribution >= 0.6 is 0 Å². The lowest BCUT2D eigenvalue weighted by molar-refractivity contribution is -0.126. The highest BCUT2D eigenvalue weighted by Gasteiger charge is 2.20. The molecule has 0 aliphatic rings. The number of hydrogen-bond acceptors (Lipinski definition) is 2. The maximum absolute atomic E-state index is 13.3. The first kappa shape index (κ1) is 14.6. The largest absolute Gasteiger partial charge is 0.352 e. The van der Waals surface area contributed by atoms with Crippen LogP contribution in [0.1, 0.15) is 19.4 Å². The summed E-state index contributed by atoms with van der Waals surface area (Å²) in [5.74, 6) is -1.69. The monoisotopic (exact) mass is 256 g/mol. The van der Waals surface area contributed by atoms with Gasteiger partial charge in [0.15, 0.2) is 0 Å². The molecule has 5 heteroatoms. The summed E-state index contributed by atoms with van der Waals surface area (Å²) >= 11 is 0. The maximum Gasteiger partial charge on any atom is 0.224 e. The Balaban J connectivity index is 2.62. The molecular formula is C13H18F2N2O. The topological polar surface area (TPSA) is 55.1 Å². The molecule has 0 heterocycles. The molecule has 3 N–H and O–H groups in total. The number of nitrogens with two attached hydrogens (primary N) is 1. The number of halogens is 2. The van der Waals surface area contributed by atoms with Gasteiger partial charge in [-0.1, -0.05) is 19.9 Å². The van der Waals surface area contributed by atoms with Crippen molar-refractivity contribution in [1.29, 1.82) is 0 Å². The summed E-state index contributed by atoms with van der Waals surface area (Å²) in [6, 6.07) is 3.27. The Morgan fingerprint density at radius 2 is 2.06 bits per heavy atom. The van der Waals surface area contributed by atoms with E-state index in [1.54, 1.807) is 0 Å². The van der Waals surface area contributed by atoms with Gasteiger partial charge in [0.2, 0.25) is 5.91 Å². The zero-order chi connectivity index (χ0) is 13.7. The van der Waals surface area contributed by atoms with E-state index in [-0.39, 0.29) is 36.4 Å². The van der Waals surface area contributed by atoms with Crippen LogP contribution in [0.25, 0.3) is 0 Å². The molecule has 1 unspecified atom stereocenters. The standard InChI is InChI=1S/C13H18F2N2O/c1-8(2)11(6-16)13(18)17-7-9-3-4-10(14)5-12(9)15/h3-5,8,11H,6-7,16H2,1-2H3,(H,17,18). The number of nitrogens with one attached hydrogen (secondary N) is 1. The summed E-state index contributed by atoms with van der Waals surface area (Å²) < 4.78 is 26.0. The van der Waals surface area contributed by atoms with Gasteiger partial charge in [0, 0.05) is 24.7 Å². The molecule has 0 aromatic heterocycles. The lowest BCUT2D eigenvalue weighted by Gasteiger charge is -2.18. The maximum atomic E-state index is 13.3. The summed E-state index contributed by atoms with van der Waals surface area (Å²) in [6.07, 6.45) is 0. The second-order valence-electron chi connectivity index (χ2n) is 4.54. The molecule has 1 aromatic rings. The van der Waals surface area contributed by atoms with Gasteiger partial charge in [-0.15, -0.1) is 0 Å². The number of hydrogen-bond donors (Lipinski definition) is 2. The van der Waals surface area contributed by atoms with Gasteiger partial charge in [-0.05, 0) is 12.0 Å². The number of carbonyl (C=O) groups is 1. The van der Waals surface area contributed by atoms with Gasteiger partial charge in [-0.3, -0.25) is 4.79 Å². The Bertz CT molecular complexity index is 421. The smallest absolute Gasteiger partial charge is 0.224 e. The van der Waals surface area contributed by atoms with Gasteiger partial charge >= 0.3 is 0 Å². The minimum atomic E-state index is -0.663. The van der Waals surface area contributed by atoms with Crippen molar-refractivity contribution in [2.75, 3.05) is 6.54 Å². The zero-order valence-electron chi connectivity index (χ0n) is 10.5. The van der Waals surface area contributed by atoms with Crippen LogP contribution in [-0.2, 0) is 11.3 Å². The molecule has 0 aliphatic carbocycles. The zero-order valence-corrected chi connectivity index (χ0v) is 10.5. The van der Waals surface area contributed by atoms with Crippen molar-refractivity contribution in [2.45, 2.75) is 20.4 Å². The second kappa shape index (κ2) is 6.44. The van der Waals surface area contributed by atoms with Crippen LogP contribution in [0.3, 0.4) is 0 Å². The Kier molecular flexibility index (Phi) is 5.22. The molecule has 0 radical (unpaired) electrons. The van der Waals surface area contributed by atoms with E-state index in [1.165, 1.54) is 6.07 Å². The summed E-state index contributed by atoms with van der Waals surface area (Å²) in [4.78, 5) is 11.8. The number of benzene rings is 1. The highest BCUT2D eigenvalue weighted by atomic mass is 19.1. The molecule has 1 rings (SSSR count). The predicted molar refractivity (Wildman–Crippen MR) is 65.6 cm³/mol. The van der Waals surface area contributed by atoms with Crippen molar-refractivity contribution in [2.24, 2.45) is 17.6 Å². The van der Waals surface area contributed by atoms with Crippen LogP contribution < -0.4 is 11.1 Å². The van der Waals surface area contributed by atoms with Crippen LogP contribution in [-0.4, -0.2) is 12.5 Å². The van der Waals surface area contributed by atoms with Crippen LogP contribution in [0.4, 0.5) is 8.78 Å². The van der Waals surface area contributed by atoms with Gasteiger partial charge in [-0.25, -0.2) is 8.78 Å². The first-order valence-corrected chi connectivity index (χ1v) is 5.87. The van der Waals surface area contributed by atoms with Crippen LogP contribution in [0.15, 0.2) is 18.2 Å². The SMILES string of the molecule is CC(C)C(CN)C(=O)NCc1ccc(F)cc1F. The quantitative estimate of drug-likeness (QED) is 0.844. The van der Waals surface area contributed by atoms with E-state index in [0.29, 0.717) is 0 Å². The third-order valence-electron chi connectivity index (χ3n) is 2.86. The lowest BCUT2D eigenvalue weighted by atomic mass is 9.95. The summed E-state index contributed by atoms with van der Waals surface area (Å²) in [5.41, 5.74) is 5.76. The fourth-order valence-corrected chi connectivity index (χ4v) is 1.66. The van der Waals surface area contributed by atoms with E-state index in [9.17, 15) is 13.6 Å². The van der Waals surface area contributed by atoms with E-state index < -0.39 is 11.6 Å². The average Bonchev–Trinajstić information content (AvgIpc) is 2.28. The van der Waals surface area contributed by atoms with Gasteiger partial charge in [0.1, 0.15) is 11.6 Å². The fraction of sp³-hybridized carbons (Fsp3) is 0.462. The van der Waals surface area contributed by atoms with E-state index >= 15 is 0 Å². The van der Waals surface area contributed by atoms with Crippen molar-refractivity contribution in [3.05, 3.63) is 35.4 Å². The van der Waals surface area contributed by atoms with E-state index in [4.69, 9.17) is 5.73 Å². The highest BCUT2D eigenvalue weighted by Crippen LogP contribution is 2.11. The second-order valence-corrected chi connectivity index (χ2v) is 4.54. The molecule has 1 amide bonds. The van der Waals surface area contributed by atoms with Gasteiger partial charge < -0.3 is 11.1 Å². The molecule has 0 fully saturated rings. The van der Waals surface area contributed by atoms with Crippen molar-refractivity contribution >= 4 is 5.91 Å². The molecule has 0 bridgehead atoms. The number of carbonyl (C=O) groups excluding carboxylic acids is 1. The lowest BCUT2D eigenvalue weighted by Crippen LogP contribution is -2.37.